The van der Waals surface area contributed by atoms with Crippen LogP contribution in [-0.2, 0) is 14.8 Å². The van der Waals surface area contributed by atoms with Crippen molar-refractivity contribution in [2.24, 2.45) is 22.7 Å². The van der Waals surface area contributed by atoms with Crippen LogP contribution in [0, 0.1) is 22.7 Å². The first-order valence-electron chi connectivity index (χ1n) is 7.94. The number of nitrogens with zero attached hydrogens (tertiary/aromatic N) is 1. The molecule has 4 nitrogen and oxygen atoms in total. The summed E-state index contributed by atoms with van der Waals surface area (Å²) in [6, 6.07) is -0.226. The summed E-state index contributed by atoms with van der Waals surface area (Å²) in [7, 11) is -3.60. The maximum absolute atomic E-state index is 12.7. The number of rotatable bonds is 2. The Morgan fingerprint density at radius 2 is 1.96 bits per heavy atom. The summed E-state index contributed by atoms with van der Waals surface area (Å²) < 4.78 is 25.0. The van der Waals surface area contributed by atoms with E-state index in [-0.39, 0.29) is 29.0 Å². The number of hydrogen-bond acceptors (Lipinski definition) is 3. The van der Waals surface area contributed by atoms with Crippen molar-refractivity contribution in [1.82, 2.24) is 4.31 Å². The van der Waals surface area contributed by atoms with E-state index in [2.05, 4.69) is 13.8 Å². The number of carbonyl (C=O) groups is 1. The first kappa shape index (κ1) is 18.1. The monoisotopic (exact) mass is 401 g/mol. The molecule has 132 valence electrons. The van der Waals surface area contributed by atoms with Gasteiger partial charge in [0.05, 0.1) is 11.8 Å². The molecule has 4 atom stereocenters. The maximum Gasteiger partial charge on any atom is 0.238 e. The molecule has 8 heteroatoms. The molecule has 0 unspecified atom stereocenters. The molecule has 2 aliphatic carbocycles. The summed E-state index contributed by atoms with van der Waals surface area (Å²) in [5.74, 6) is -0.432. The highest BCUT2D eigenvalue weighted by atomic mass is 35.6. The average Bonchev–Trinajstić information content (AvgIpc) is 2.83. The molecule has 23 heavy (non-hydrogen) atoms. The van der Waals surface area contributed by atoms with Gasteiger partial charge in [-0.05, 0) is 30.6 Å². The summed E-state index contributed by atoms with van der Waals surface area (Å²) in [4.78, 5) is 12.7. The molecule has 2 saturated carbocycles. The van der Waals surface area contributed by atoms with Crippen LogP contribution in [0.2, 0.25) is 0 Å². The average molecular weight is 403 g/mol. The van der Waals surface area contributed by atoms with Gasteiger partial charge in [0, 0.05) is 17.8 Å². The van der Waals surface area contributed by atoms with E-state index in [9.17, 15) is 13.2 Å². The lowest BCUT2D eigenvalue weighted by Crippen LogP contribution is -2.45. The van der Waals surface area contributed by atoms with E-state index in [1.165, 1.54) is 0 Å². The summed E-state index contributed by atoms with van der Waals surface area (Å²) in [6.07, 6.45) is 2.61. The second kappa shape index (κ2) is 5.15. The normalized spacial score (nSPS) is 38.6. The highest BCUT2D eigenvalue weighted by Gasteiger charge is 2.72. The molecule has 0 aromatic heterocycles. The van der Waals surface area contributed by atoms with Gasteiger partial charge in [-0.1, -0.05) is 55.6 Å². The third-order valence-corrected chi connectivity index (χ3v) is 9.75. The summed E-state index contributed by atoms with van der Waals surface area (Å²) >= 11 is 17.5. The third-order valence-electron chi connectivity index (χ3n) is 6.70. The summed E-state index contributed by atoms with van der Waals surface area (Å²) in [6.45, 7) is 5.95. The van der Waals surface area contributed by atoms with Crippen molar-refractivity contribution < 1.29 is 13.2 Å². The van der Waals surface area contributed by atoms with Crippen LogP contribution >= 0.6 is 34.8 Å². The topological polar surface area (TPSA) is 54.5 Å². The van der Waals surface area contributed by atoms with E-state index in [1.807, 2.05) is 0 Å². The first-order chi connectivity index (χ1) is 10.3. The van der Waals surface area contributed by atoms with Crippen LogP contribution in [0.1, 0.15) is 46.5 Å². The molecule has 1 aliphatic heterocycles. The fourth-order valence-electron chi connectivity index (χ4n) is 5.08. The first-order valence-corrected chi connectivity index (χ1v) is 10.7. The Bertz CT molecular complexity index is 643. The third kappa shape index (κ3) is 2.44. The number of hydrogen-bond donors (Lipinski definition) is 0. The van der Waals surface area contributed by atoms with Crippen molar-refractivity contribution in [2.75, 3.05) is 5.75 Å². The number of halogens is 3. The fraction of sp³-hybridized carbons (Fsp3) is 0.933. The Morgan fingerprint density at radius 3 is 2.48 bits per heavy atom. The van der Waals surface area contributed by atoms with Gasteiger partial charge in [-0.2, -0.15) is 0 Å². The Balaban J connectivity index is 1.91. The number of sulfonamides is 1. The maximum atomic E-state index is 12.7. The second-order valence-corrected chi connectivity index (χ2v) is 12.2. The molecule has 1 saturated heterocycles. The van der Waals surface area contributed by atoms with E-state index < -0.39 is 25.6 Å². The van der Waals surface area contributed by atoms with E-state index in [0.29, 0.717) is 5.92 Å². The molecular formula is C15H22Cl3NO3S. The fourth-order valence-corrected chi connectivity index (χ4v) is 7.88. The second-order valence-electron chi connectivity index (χ2n) is 7.96. The van der Waals surface area contributed by atoms with Gasteiger partial charge in [0.2, 0.25) is 15.9 Å². The SMILES string of the molecule is C[C@H](CC(=O)N1[C@@H]2C[C@H]3CC[C@]2(CS1(=O)=O)C3(C)C)C(Cl)(Cl)Cl. The van der Waals surface area contributed by atoms with Crippen molar-refractivity contribution in [1.29, 1.82) is 0 Å². The van der Waals surface area contributed by atoms with Crippen LogP contribution in [-0.4, -0.2) is 34.2 Å². The van der Waals surface area contributed by atoms with E-state index >= 15 is 0 Å². The zero-order valence-electron chi connectivity index (χ0n) is 13.5. The summed E-state index contributed by atoms with van der Waals surface area (Å²) in [5, 5.41) is 0. The smallest absolute Gasteiger partial charge is 0.238 e. The molecule has 1 heterocycles. The number of amides is 1. The lowest BCUT2D eigenvalue weighted by Gasteiger charge is -2.37. The molecule has 0 radical (unpaired) electrons. The predicted octanol–water partition coefficient (Wildman–Crippen LogP) is 3.75. The van der Waals surface area contributed by atoms with E-state index in [1.54, 1.807) is 6.92 Å². The molecule has 3 aliphatic rings. The Labute approximate surface area is 152 Å². The van der Waals surface area contributed by atoms with Gasteiger partial charge >= 0.3 is 0 Å². The zero-order valence-corrected chi connectivity index (χ0v) is 16.6. The van der Waals surface area contributed by atoms with Crippen LogP contribution in [0.3, 0.4) is 0 Å². The largest absolute Gasteiger partial charge is 0.274 e. The molecule has 3 rings (SSSR count). The molecule has 3 fully saturated rings. The van der Waals surface area contributed by atoms with Crippen LogP contribution in [0.15, 0.2) is 0 Å². The lowest BCUT2D eigenvalue weighted by atomic mass is 9.69. The van der Waals surface area contributed by atoms with Crippen molar-refractivity contribution >= 4 is 50.7 Å². The molecule has 0 N–H and O–H groups in total. The van der Waals surface area contributed by atoms with Gasteiger partial charge in [-0.3, -0.25) is 4.79 Å². The van der Waals surface area contributed by atoms with Crippen molar-refractivity contribution in [3.8, 4) is 0 Å². The van der Waals surface area contributed by atoms with Crippen LogP contribution in [0.25, 0.3) is 0 Å². The van der Waals surface area contributed by atoms with Crippen molar-refractivity contribution in [3.05, 3.63) is 0 Å². The molecule has 2 bridgehead atoms. The predicted molar refractivity (Wildman–Crippen MR) is 92.0 cm³/mol. The minimum absolute atomic E-state index is 0.0550. The number of fused-ring (bicyclic) bond motifs is 1. The van der Waals surface area contributed by atoms with Gasteiger partial charge in [-0.15, -0.1) is 0 Å². The minimum Gasteiger partial charge on any atom is -0.274 e. The number of alkyl halides is 3. The lowest BCUT2D eigenvalue weighted by molar-refractivity contribution is -0.129. The Kier molecular flexibility index (Phi) is 4.05. The number of carbonyl (C=O) groups excluding carboxylic acids is 1. The van der Waals surface area contributed by atoms with Crippen LogP contribution in [0.5, 0.6) is 0 Å². The quantitative estimate of drug-likeness (QED) is 0.661. The van der Waals surface area contributed by atoms with Crippen molar-refractivity contribution in [3.63, 3.8) is 0 Å². The Hall–Kier alpha value is 0.290. The summed E-state index contributed by atoms with van der Waals surface area (Å²) in [5.41, 5.74) is -0.365. The van der Waals surface area contributed by atoms with Gasteiger partial charge in [0.25, 0.3) is 0 Å². The van der Waals surface area contributed by atoms with Gasteiger partial charge in [0.1, 0.15) is 0 Å². The standard InChI is InChI=1S/C15H22Cl3NO3S/c1-9(15(16,17)18)6-12(20)19-11-7-10-4-5-14(11,13(10,2)3)8-23(19,21)22/h9-11H,4-8H2,1-3H3/t9-,10-,11-,14-/m1/s1. The van der Waals surface area contributed by atoms with Gasteiger partial charge < -0.3 is 0 Å². The molecule has 0 aromatic carbocycles. The van der Waals surface area contributed by atoms with Gasteiger partial charge in [-0.25, -0.2) is 12.7 Å². The molecule has 0 aromatic rings. The molecule has 1 amide bonds. The molecule has 1 spiro atoms. The van der Waals surface area contributed by atoms with Crippen LogP contribution in [0.4, 0.5) is 0 Å². The zero-order chi connectivity index (χ0) is 17.4. The Morgan fingerprint density at radius 1 is 1.35 bits per heavy atom. The van der Waals surface area contributed by atoms with Crippen molar-refractivity contribution in [2.45, 2.75) is 56.3 Å². The van der Waals surface area contributed by atoms with Crippen LogP contribution < -0.4 is 0 Å². The highest BCUT2D eigenvalue weighted by Crippen LogP contribution is 2.70. The van der Waals surface area contributed by atoms with E-state index in [4.69, 9.17) is 34.8 Å². The molecular weight excluding hydrogens is 381 g/mol. The minimum atomic E-state index is -3.60. The highest BCUT2D eigenvalue weighted by molar-refractivity contribution is 7.90. The van der Waals surface area contributed by atoms with E-state index in [0.717, 1.165) is 23.6 Å². The van der Waals surface area contributed by atoms with Gasteiger partial charge in [0.15, 0.2) is 3.79 Å².